The minimum absolute atomic E-state index is 0.156. The normalized spacial score (nSPS) is 14.1. The average Bonchev–Trinajstić information content (AvgIpc) is 3.42. The highest BCUT2D eigenvalue weighted by Gasteiger charge is 2.35. The third-order valence-corrected chi connectivity index (χ3v) is 4.27. The van der Waals surface area contributed by atoms with Crippen molar-refractivity contribution in [2.45, 2.75) is 19.0 Å². The zero-order valence-electron chi connectivity index (χ0n) is 14.0. The van der Waals surface area contributed by atoms with Gasteiger partial charge in [-0.25, -0.2) is 18.5 Å². The van der Waals surface area contributed by atoms with Crippen LogP contribution in [-0.2, 0) is 22.9 Å². The minimum atomic E-state index is -4.96. The second-order valence-corrected chi connectivity index (χ2v) is 6.44. The van der Waals surface area contributed by atoms with Gasteiger partial charge in [0.2, 0.25) is 0 Å². The zero-order valence-corrected chi connectivity index (χ0v) is 14.8. The quantitative estimate of drug-likeness (QED) is 0.430. The Labute approximate surface area is 158 Å². The van der Waals surface area contributed by atoms with Gasteiger partial charge in [-0.15, -0.1) is 0 Å². The molecule has 1 heterocycles. The predicted octanol–water partition coefficient (Wildman–Crippen LogP) is 2.59. The van der Waals surface area contributed by atoms with Gasteiger partial charge >= 0.3 is 17.8 Å². The Bertz CT molecular complexity index is 1070. The molecule has 0 amide bonds. The van der Waals surface area contributed by atoms with Crippen LogP contribution in [0.5, 0.6) is 5.75 Å². The minimum Gasteiger partial charge on any atom is -0.292 e. The lowest BCUT2D eigenvalue weighted by molar-refractivity contribution is -0.215. The van der Waals surface area contributed by atoms with Crippen molar-refractivity contribution in [1.29, 1.82) is 0 Å². The molecule has 0 radical (unpaired) electrons. The Morgan fingerprint density at radius 3 is 2.43 bits per heavy atom. The summed E-state index contributed by atoms with van der Waals surface area (Å²) < 4.78 is 53.4. The standard InChI is InChI=1S/C16H11ClF4N2O5/c1-22-12(16(19,20)21)6-13(24)23(15(22)26)10-5-11(8(17)4-9(10)18)27-28-14(25)7-2-3-7/h4-7H,2-3H2,1H3. The molecule has 1 saturated carbocycles. The van der Waals surface area contributed by atoms with E-state index in [0.717, 1.165) is 13.1 Å². The van der Waals surface area contributed by atoms with E-state index in [1.165, 1.54) is 0 Å². The van der Waals surface area contributed by atoms with Crippen molar-refractivity contribution in [2.24, 2.45) is 13.0 Å². The number of rotatable bonds is 4. The highest BCUT2D eigenvalue weighted by molar-refractivity contribution is 6.32. The van der Waals surface area contributed by atoms with Crippen LogP contribution in [0.3, 0.4) is 0 Å². The maximum absolute atomic E-state index is 14.3. The van der Waals surface area contributed by atoms with E-state index in [2.05, 4.69) is 4.89 Å². The number of carbonyl (C=O) groups is 1. The fourth-order valence-electron chi connectivity index (χ4n) is 2.35. The van der Waals surface area contributed by atoms with E-state index in [9.17, 15) is 31.9 Å². The molecule has 0 atom stereocenters. The molecule has 150 valence electrons. The molecule has 2 aromatic rings. The second-order valence-electron chi connectivity index (χ2n) is 6.04. The number of aromatic nitrogens is 2. The number of alkyl halides is 3. The molecule has 0 bridgehead atoms. The summed E-state index contributed by atoms with van der Waals surface area (Å²) in [5.41, 5.74) is -5.08. The molecule has 1 aromatic heterocycles. The van der Waals surface area contributed by atoms with Crippen LogP contribution >= 0.6 is 11.6 Å². The van der Waals surface area contributed by atoms with E-state index in [1.807, 2.05) is 0 Å². The number of hydrogen-bond donors (Lipinski definition) is 0. The molecule has 1 aliphatic rings. The summed E-state index contributed by atoms with van der Waals surface area (Å²) in [4.78, 5) is 45.2. The first-order valence-corrected chi connectivity index (χ1v) is 8.16. The largest absolute Gasteiger partial charge is 0.431 e. The van der Waals surface area contributed by atoms with Gasteiger partial charge in [0.1, 0.15) is 11.5 Å². The van der Waals surface area contributed by atoms with Gasteiger partial charge in [-0.2, -0.15) is 13.2 Å². The Kier molecular flexibility index (Phi) is 4.96. The molecule has 0 unspecified atom stereocenters. The van der Waals surface area contributed by atoms with Crippen molar-refractivity contribution in [2.75, 3.05) is 0 Å². The van der Waals surface area contributed by atoms with E-state index >= 15 is 0 Å². The SMILES string of the molecule is Cn1c(C(F)(F)F)cc(=O)n(-c2cc(OOC(=O)C3CC3)c(Cl)cc2F)c1=O. The average molecular weight is 423 g/mol. The van der Waals surface area contributed by atoms with Gasteiger partial charge in [-0.3, -0.25) is 19.1 Å². The Balaban J connectivity index is 2.07. The number of nitrogens with zero attached hydrogens (tertiary/aromatic N) is 2. The van der Waals surface area contributed by atoms with Gasteiger partial charge in [0.05, 0.1) is 16.6 Å². The van der Waals surface area contributed by atoms with E-state index in [0.29, 0.717) is 18.9 Å². The molecular formula is C16H11ClF4N2O5. The lowest BCUT2D eigenvalue weighted by atomic mass is 10.2. The first kappa shape index (κ1) is 19.9. The fourth-order valence-corrected chi connectivity index (χ4v) is 2.53. The van der Waals surface area contributed by atoms with Crippen molar-refractivity contribution in [1.82, 2.24) is 9.13 Å². The van der Waals surface area contributed by atoms with Crippen LogP contribution in [0.1, 0.15) is 18.5 Å². The molecular weight excluding hydrogens is 412 g/mol. The van der Waals surface area contributed by atoms with Crippen LogP contribution < -0.4 is 16.1 Å². The Hall–Kier alpha value is -2.82. The van der Waals surface area contributed by atoms with Crippen molar-refractivity contribution in [3.05, 3.63) is 55.6 Å². The van der Waals surface area contributed by atoms with Crippen LogP contribution in [-0.4, -0.2) is 15.1 Å². The number of halogens is 5. The van der Waals surface area contributed by atoms with E-state index in [1.54, 1.807) is 0 Å². The molecule has 3 rings (SSSR count). The summed E-state index contributed by atoms with van der Waals surface area (Å²) in [6, 6.07) is 1.59. The molecule has 0 saturated heterocycles. The fraction of sp³-hybridized carbons (Fsp3) is 0.312. The van der Waals surface area contributed by atoms with Gasteiger partial charge in [-0.1, -0.05) is 11.6 Å². The summed E-state index contributed by atoms with van der Waals surface area (Å²) >= 11 is 5.79. The van der Waals surface area contributed by atoms with Crippen molar-refractivity contribution in [3.8, 4) is 11.4 Å². The lowest BCUT2D eigenvalue weighted by Crippen LogP contribution is -2.41. The van der Waals surface area contributed by atoms with Crippen LogP contribution in [0.2, 0.25) is 5.02 Å². The Morgan fingerprint density at radius 1 is 1.21 bits per heavy atom. The first-order valence-electron chi connectivity index (χ1n) is 7.78. The summed E-state index contributed by atoms with van der Waals surface area (Å²) in [6.07, 6.45) is -3.71. The topological polar surface area (TPSA) is 79.5 Å². The van der Waals surface area contributed by atoms with Crippen LogP contribution in [0.15, 0.2) is 27.8 Å². The van der Waals surface area contributed by atoms with Crippen LogP contribution in [0, 0.1) is 11.7 Å². The number of carbonyl (C=O) groups excluding carboxylic acids is 1. The van der Waals surface area contributed by atoms with E-state index < -0.39 is 46.3 Å². The molecule has 0 aliphatic heterocycles. The van der Waals surface area contributed by atoms with Gasteiger partial charge in [0.15, 0.2) is 5.75 Å². The third kappa shape index (κ3) is 3.75. The summed E-state index contributed by atoms with van der Waals surface area (Å²) in [6.45, 7) is 0. The second kappa shape index (κ2) is 6.97. The van der Waals surface area contributed by atoms with Crippen LogP contribution in [0.25, 0.3) is 5.69 Å². The molecule has 28 heavy (non-hydrogen) atoms. The molecule has 1 fully saturated rings. The van der Waals surface area contributed by atoms with Crippen LogP contribution in [0.4, 0.5) is 17.6 Å². The summed E-state index contributed by atoms with van der Waals surface area (Å²) in [5.74, 6) is -2.57. The summed E-state index contributed by atoms with van der Waals surface area (Å²) in [7, 11) is 0.781. The molecule has 1 aromatic carbocycles. The van der Waals surface area contributed by atoms with Gasteiger partial charge < -0.3 is 0 Å². The van der Waals surface area contributed by atoms with Gasteiger partial charge in [0.25, 0.3) is 5.56 Å². The maximum atomic E-state index is 14.3. The summed E-state index contributed by atoms with van der Waals surface area (Å²) in [5, 5.41) is -0.346. The monoisotopic (exact) mass is 422 g/mol. The predicted molar refractivity (Wildman–Crippen MR) is 86.7 cm³/mol. The van der Waals surface area contributed by atoms with Gasteiger partial charge in [0, 0.05) is 19.2 Å². The molecule has 1 aliphatic carbocycles. The Morgan fingerprint density at radius 2 is 1.86 bits per heavy atom. The lowest BCUT2D eigenvalue weighted by Gasteiger charge is -2.15. The van der Waals surface area contributed by atoms with E-state index in [4.69, 9.17) is 16.5 Å². The molecule has 7 nitrogen and oxygen atoms in total. The molecule has 12 heteroatoms. The van der Waals surface area contributed by atoms with Gasteiger partial charge in [-0.05, 0) is 18.9 Å². The van der Waals surface area contributed by atoms with E-state index in [-0.39, 0.29) is 26.1 Å². The zero-order chi connectivity index (χ0) is 20.8. The highest BCUT2D eigenvalue weighted by Crippen LogP contribution is 2.33. The van der Waals surface area contributed by atoms with Crippen molar-refractivity contribution < 1.29 is 32.1 Å². The highest BCUT2D eigenvalue weighted by atomic mass is 35.5. The molecule has 0 spiro atoms. The first-order chi connectivity index (χ1) is 13.0. The number of hydrogen-bond acceptors (Lipinski definition) is 5. The molecule has 0 N–H and O–H groups in total. The number of benzene rings is 1. The van der Waals surface area contributed by atoms with Crippen molar-refractivity contribution in [3.63, 3.8) is 0 Å². The smallest absolute Gasteiger partial charge is 0.292 e. The maximum Gasteiger partial charge on any atom is 0.431 e. The van der Waals surface area contributed by atoms with Crippen molar-refractivity contribution >= 4 is 17.6 Å². The third-order valence-electron chi connectivity index (χ3n) is 3.98.